The topological polar surface area (TPSA) is 65.1 Å². The number of hydrogen-bond donors (Lipinski definition) is 3. The molecule has 0 unspecified atom stereocenters. The van der Waals surface area contributed by atoms with Crippen LogP contribution in [0.2, 0.25) is 0 Å². The minimum Gasteiger partial charge on any atom is -0.396 e. The minimum atomic E-state index is -0.0827. The average Bonchev–Trinajstić information content (AvgIpc) is 2.78. The maximum Gasteiger partial charge on any atom is 0.225 e. The molecule has 0 bridgehead atoms. The molecular formula is C15H18N2O2S2. The number of aromatic nitrogens is 1. The number of H-pyrrole nitrogens is 1. The van der Waals surface area contributed by atoms with Crippen molar-refractivity contribution in [2.45, 2.75) is 19.3 Å². The van der Waals surface area contributed by atoms with Crippen LogP contribution in [0.1, 0.15) is 22.1 Å². The molecule has 6 heteroatoms. The van der Waals surface area contributed by atoms with E-state index in [9.17, 15) is 9.90 Å². The second kappa shape index (κ2) is 7.49. The number of aromatic amines is 1. The monoisotopic (exact) mass is 322 g/mol. The van der Waals surface area contributed by atoms with Gasteiger partial charge in [0.25, 0.3) is 0 Å². The van der Waals surface area contributed by atoms with Crippen LogP contribution in [0.5, 0.6) is 0 Å². The van der Waals surface area contributed by atoms with Gasteiger partial charge in [0.1, 0.15) is 0 Å². The van der Waals surface area contributed by atoms with Crippen LogP contribution in [0.25, 0.3) is 0 Å². The van der Waals surface area contributed by atoms with Gasteiger partial charge in [0.15, 0.2) is 3.95 Å². The Balaban J connectivity index is 1.91. The summed E-state index contributed by atoms with van der Waals surface area (Å²) >= 11 is 6.49. The first kappa shape index (κ1) is 15.9. The molecule has 21 heavy (non-hydrogen) atoms. The third kappa shape index (κ3) is 4.49. The molecule has 1 aromatic carbocycles. The van der Waals surface area contributed by atoms with Crippen molar-refractivity contribution < 1.29 is 9.90 Å². The molecule has 0 aliphatic heterocycles. The van der Waals surface area contributed by atoms with E-state index in [4.69, 9.17) is 12.2 Å². The standard InChI is InChI=1S/C15H18N2O2S2/c1-10-13(21-15(20)17-10)7-14(19)16-8-12(9-18)11-5-3-2-4-6-11/h2-6,12,18H,7-9H2,1H3,(H,16,19)(H,17,20)/t12-/m0/s1. The van der Waals surface area contributed by atoms with Gasteiger partial charge in [0, 0.05) is 23.0 Å². The predicted octanol–water partition coefficient (Wildman–Crippen LogP) is 2.55. The SMILES string of the molecule is Cc1[nH]c(=S)sc1CC(=O)NC[C@@H](CO)c1ccccc1. The Morgan fingerprint density at radius 3 is 2.71 bits per heavy atom. The van der Waals surface area contributed by atoms with Crippen LogP contribution in [-0.2, 0) is 11.2 Å². The van der Waals surface area contributed by atoms with Gasteiger partial charge in [-0.15, -0.1) is 11.3 Å². The van der Waals surface area contributed by atoms with Gasteiger partial charge in [-0.3, -0.25) is 4.79 Å². The fourth-order valence-corrected chi connectivity index (χ4v) is 3.35. The zero-order valence-corrected chi connectivity index (χ0v) is 13.4. The zero-order valence-electron chi connectivity index (χ0n) is 11.8. The Kier molecular flexibility index (Phi) is 5.67. The summed E-state index contributed by atoms with van der Waals surface area (Å²) in [6, 6.07) is 9.69. The van der Waals surface area contributed by atoms with Gasteiger partial charge >= 0.3 is 0 Å². The van der Waals surface area contributed by atoms with E-state index in [1.807, 2.05) is 37.3 Å². The number of aryl methyl sites for hydroxylation is 1. The Bertz CT molecular complexity index is 649. The lowest BCUT2D eigenvalue weighted by atomic mass is 10.00. The van der Waals surface area contributed by atoms with Gasteiger partial charge in [-0.1, -0.05) is 30.3 Å². The van der Waals surface area contributed by atoms with Crippen LogP contribution in [0.3, 0.4) is 0 Å². The smallest absolute Gasteiger partial charge is 0.225 e. The number of benzene rings is 1. The van der Waals surface area contributed by atoms with E-state index in [0.29, 0.717) is 16.9 Å². The van der Waals surface area contributed by atoms with E-state index >= 15 is 0 Å². The Labute approximate surface area is 132 Å². The lowest BCUT2D eigenvalue weighted by molar-refractivity contribution is -0.120. The van der Waals surface area contributed by atoms with Crippen LogP contribution in [0.4, 0.5) is 0 Å². The molecule has 2 rings (SSSR count). The first-order valence-electron chi connectivity index (χ1n) is 6.71. The number of carbonyl (C=O) groups excluding carboxylic acids is 1. The van der Waals surface area contributed by atoms with Crippen LogP contribution in [-0.4, -0.2) is 29.1 Å². The quantitative estimate of drug-likeness (QED) is 0.716. The Morgan fingerprint density at radius 1 is 1.43 bits per heavy atom. The van der Waals surface area contributed by atoms with Crippen LogP contribution in [0, 0.1) is 10.9 Å². The van der Waals surface area contributed by atoms with Crippen LogP contribution >= 0.6 is 23.6 Å². The lowest BCUT2D eigenvalue weighted by Gasteiger charge is -2.15. The van der Waals surface area contributed by atoms with E-state index in [1.54, 1.807) is 0 Å². The molecule has 1 amide bonds. The predicted molar refractivity (Wildman–Crippen MR) is 87.2 cm³/mol. The highest BCUT2D eigenvalue weighted by atomic mass is 32.1. The number of aliphatic hydroxyl groups excluding tert-OH is 1. The Hall–Kier alpha value is -1.50. The number of carbonyl (C=O) groups is 1. The van der Waals surface area contributed by atoms with Crippen molar-refractivity contribution in [1.82, 2.24) is 10.3 Å². The maximum atomic E-state index is 12.0. The van der Waals surface area contributed by atoms with E-state index in [-0.39, 0.29) is 18.4 Å². The summed E-state index contributed by atoms with van der Waals surface area (Å²) in [6.45, 7) is 2.34. The minimum absolute atomic E-state index is 0.00636. The molecule has 112 valence electrons. The van der Waals surface area contributed by atoms with Gasteiger partial charge in [0.05, 0.1) is 13.0 Å². The molecular weight excluding hydrogens is 304 g/mol. The first-order chi connectivity index (χ1) is 10.1. The molecule has 0 fully saturated rings. The normalized spacial score (nSPS) is 12.1. The molecule has 4 nitrogen and oxygen atoms in total. The van der Waals surface area contributed by atoms with Crippen molar-refractivity contribution in [1.29, 1.82) is 0 Å². The summed E-state index contributed by atoms with van der Waals surface area (Å²) in [6.07, 6.45) is 0.316. The second-order valence-corrected chi connectivity index (χ2v) is 6.61. The number of nitrogens with one attached hydrogen (secondary N) is 2. The molecule has 0 saturated heterocycles. The molecule has 3 N–H and O–H groups in total. The summed E-state index contributed by atoms with van der Waals surface area (Å²) in [7, 11) is 0. The summed E-state index contributed by atoms with van der Waals surface area (Å²) in [5.41, 5.74) is 1.97. The van der Waals surface area contributed by atoms with Crippen LogP contribution in [0.15, 0.2) is 30.3 Å². The van der Waals surface area contributed by atoms with Gasteiger partial charge in [-0.05, 0) is 24.7 Å². The van der Waals surface area contributed by atoms with E-state index in [1.165, 1.54) is 11.3 Å². The molecule has 1 heterocycles. The van der Waals surface area contributed by atoms with Crippen molar-refractivity contribution >= 4 is 29.5 Å². The first-order valence-corrected chi connectivity index (χ1v) is 7.93. The zero-order chi connectivity index (χ0) is 15.2. The van der Waals surface area contributed by atoms with Crippen molar-refractivity contribution in [2.24, 2.45) is 0 Å². The number of aliphatic hydroxyl groups is 1. The molecule has 0 saturated carbocycles. The fraction of sp³-hybridized carbons (Fsp3) is 0.333. The summed E-state index contributed by atoms with van der Waals surface area (Å²) in [5, 5.41) is 12.3. The number of thiazole rings is 1. The fourth-order valence-electron chi connectivity index (χ4n) is 2.06. The maximum absolute atomic E-state index is 12.0. The summed E-state index contributed by atoms with van der Waals surface area (Å²) in [4.78, 5) is 16.0. The molecule has 2 aromatic rings. The van der Waals surface area contributed by atoms with Crippen molar-refractivity contribution in [3.05, 3.63) is 50.4 Å². The highest BCUT2D eigenvalue weighted by molar-refractivity contribution is 7.73. The van der Waals surface area contributed by atoms with Crippen LogP contribution < -0.4 is 5.32 Å². The van der Waals surface area contributed by atoms with E-state index < -0.39 is 0 Å². The molecule has 0 radical (unpaired) electrons. The Morgan fingerprint density at radius 2 is 2.14 bits per heavy atom. The average molecular weight is 322 g/mol. The summed E-state index contributed by atoms with van der Waals surface area (Å²) in [5.74, 6) is -0.140. The van der Waals surface area contributed by atoms with E-state index in [0.717, 1.165) is 16.1 Å². The molecule has 1 atom stereocenters. The van der Waals surface area contributed by atoms with Crippen molar-refractivity contribution in [3.8, 4) is 0 Å². The second-order valence-electron chi connectivity index (χ2n) is 4.83. The molecule has 1 aromatic heterocycles. The third-order valence-corrected chi connectivity index (χ3v) is 4.62. The van der Waals surface area contributed by atoms with Crippen molar-refractivity contribution in [2.75, 3.05) is 13.2 Å². The van der Waals surface area contributed by atoms with Gasteiger partial charge < -0.3 is 15.4 Å². The highest BCUT2D eigenvalue weighted by Crippen LogP contribution is 2.16. The molecule has 0 aliphatic rings. The summed E-state index contributed by atoms with van der Waals surface area (Å²) < 4.78 is 0.688. The van der Waals surface area contributed by atoms with Gasteiger partial charge in [0.2, 0.25) is 5.91 Å². The van der Waals surface area contributed by atoms with Gasteiger partial charge in [-0.2, -0.15) is 0 Å². The number of rotatable bonds is 6. The molecule has 0 spiro atoms. The third-order valence-electron chi connectivity index (χ3n) is 3.28. The van der Waals surface area contributed by atoms with Crippen molar-refractivity contribution in [3.63, 3.8) is 0 Å². The van der Waals surface area contributed by atoms with E-state index in [2.05, 4.69) is 10.3 Å². The highest BCUT2D eigenvalue weighted by Gasteiger charge is 2.13. The lowest BCUT2D eigenvalue weighted by Crippen LogP contribution is -2.30. The number of amides is 1. The molecule has 0 aliphatic carbocycles. The van der Waals surface area contributed by atoms with Gasteiger partial charge in [-0.25, -0.2) is 0 Å². The largest absolute Gasteiger partial charge is 0.396 e. The number of hydrogen-bond acceptors (Lipinski definition) is 4.